The highest BCUT2D eigenvalue weighted by molar-refractivity contribution is 7.99. The highest BCUT2D eigenvalue weighted by Crippen LogP contribution is 2.30. The number of ketones is 1. The Balaban J connectivity index is 1.76. The van der Waals surface area contributed by atoms with Gasteiger partial charge in [0.15, 0.2) is 11.6 Å². The monoisotopic (exact) mass is 437 g/mol. The number of hydrogen-bond acceptors (Lipinski definition) is 5. The summed E-state index contributed by atoms with van der Waals surface area (Å²) in [5.74, 6) is 6.80. The summed E-state index contributed by atoms with van der Waals surface area (Å²) in [5.41, 5.74) is 3.45. The van der Waals surface area contributed by atoms with Crippen molar-refractivity contribution in [2.24, 2.45) is 0 Å². The average molecular weight is 438 g/mol. The molecule has 0 unspecified atom stereocenters. The molecule has 2 aromatic heterocycles. The molecule has 2 N–H and O–H groups in total. The van der Waals surface area contributed by atoms with Crippen molar-refractivity contribution in [1.29, 1.82) is 0 Å². The van der Waals surface area contributed by atoms with Gasteiger partial charge in [0.1, 0.15) is 0 Å². The van der Waals surface area contributed by atoms with Gasteiger partial charge in [0.25, 0.3) is 0 Å². The van der Waals surface area contributed by atoms with Gasteiger partial charge in [-0.05, 0) is 44.5 Å². The zero-order chi connectivity index (χ0) is 20.4. The highest BCUT2D eigenvalue weighted by Gasteiger charge is 2.19. The highest BCUT2D eigenvalue weighted by atomic mass is 35.5. The maximum absolute atomic E-state index is 12.7. The maximum Gasteiger partial charge on any atom is 0.210 e. The standard InChI is InChI=1S/C19H21Cl2N5OS/c1-4-7-25-11(2)8-15(12(25)3)17(27)10-28-19-24-23-18(26(19)22)14-6-5-13(20)9-16(14)21/h5-6,8-9H,4,7,10,22H2,1-3H3. The zero-order valence-electron chi connectivity index (χ0n) is 15.9. The molecule has 1 aromatic carbocycles. The number of carbonyl (C=O) groups is 1. The van der Waals surface area contributed by atoms with Crippen LogP contribution in [0.5, 0.6) is 0 Å². The summed E-state index contributed by atoms with van der Waals surface area (Å²) in [6.07, 6.45) is 1.02. The minimum atomic E-state index is 0.0366. The number of carbonyl (C=O) groups excluding carboxylic acids is 1. The van der Waals surface area contributed by atoms with Crippen LogP contribution in [0, 0.1) is 13.8 Å². The van der Waals surface area contributed by atoms with Gasteiger partial charge in [-0.1, -0.05) is 41.9 Å². The Kier molecular flexibility index (Phi) is 6.37. The molecule has 6 nitrogen and oxygen atoms in total. The molecule has 28 heavy (non-hydrogen) atoms. The van der Waals surface area contributed by atoms with Gasteiger partial charge < -0.3 is 10.4 Å². The summed E-state index contributed by atoms with van der Waals surface area (Å²) < 4.78 is 3.51. The van der Waals surface area contributed by atoms with E-state index in [2.05, 4.69) is 21.7 Å². The zero-order valence-corrected chi connectivity index (χ0v) is 18.2. The first-order valence-electron chi connectivity index (χ1n) is 8.82. The van der Waals surface area contributed by atoms with Crippen LogP contribution in [0.2, 0.25) is 10.0 Å². The molecule has 2 heterocycles. The van der Waals surface area contributed by atoms with Crippen LogP contribution in [0.25, 0.3) is 11.4 Å². The number of nitrogens with two attached hydrogens (primary N) is 1. The molecule has 0 atom stereocenters. The number of benzene rings is 1. The number of Topliss-reactive ketones (excluding diaryl/α,β-unsaturated/α-hetero) is 1. The Morgan fingerprint density at radius 1 is 1.21 bits per heavy atom. The second-order valence-electron chi connectivity index (χ2n) is 6.45. The molecule has 0 aliphatic rings. The van der Waals surface area contributed by atoms with Crippen molar-refractivity contribution in [3.63, 3.8) is 0 Å². The van der Waals surface area contributed by atoms with Gasteiger partial charge in [0.05, 0.1) is 10.8 Å². The molecule has 0 fully saturated rings. The van der Waals surface area contributed by atoms with E-state index in [0.717, 1.165) is 29.9 Å². The molecule has 0 bridgehead atoms. The summed E-state index contributed by atoms with van der Waals surface area (Å²) >= 11 is 13.4. The summed E-state index contributed by atoms with van der Waals surface area (Å²) in [5, 5.41) is 9.61. The van der Waals surface area contributed by atoms with E-state index in [9.17, 15) is 4.79 Å². The van der Waals surface area contributed by atoms with Gasteiger partial charge in [-0.15, -0.1) is 10.2 Å². The molecule has 9 heteroatoms. The molecule has 3 rings (SSSR count). The van der Waals surface area contributed by atoms with Gasteiger partial charge in [-0.3, -0.25) is 4.79 Å². The van der Waals surface area contributed by atoms with Crippen molar-refractivity contribution < 1.29 is 4.79 Å². The van der Waals surface area contributed by atoms with Crippen molar-refractivity contribution in [2.75, 3.05) is 11.6 Å². The predicted molar refractivity (Wildman–Crippen MR) is 115 cm³/mol. The number of halogens is 2. The number of aromatic nitrogens is 4. The van der Waals surface area contributed by atoms with Crippen LogP contribution in [-0.2, 0) is 6.54 Å². The van der Waals surface area contributed by atoms with Crippen LogP contribution in [-0.4, -0.2) is 31.0 Å². The molecule has 0 spiro atoms. The third kappa shape index (κ3) is 4.06. The maximum atomic E-state index is 12.7. The van der Waals surface area contributed by atoms with Gasteiger partial charge in [-0.25, -0.2) is 4.68 Å². The van der Waals surface area contributed by atoms with E-state index in [1.807, 2.05) is 19.9 Å². The Morgan fingerprint density at radius 2 is 1.96 bits per heavy atom. The van der Waals surface area contributed by atoms with Gasteiger partial charge in [0, 0.05) is 34.1 Å². The van der Waals surface area contributed by atoms with E-state index in [4.69, 9.17) is 29.0 Å². The Labute approximate surface area is 178 Å². The van der Waals surface area contributed by atoms with Crippen molar-refractivity contribution in [1.82, 2.24) is 19.4 Å². The van der Waals surface area contributed by atoms with Crippen LogP contribution >= 0.6 is 35.0 Å². The number of thioether (sulfide) groups is 1. The fraction of sp³-hybridized carbons (Fsp3) is 0.316. The van der Waals surface area contributed by atoms with E-state index < -0.39 is 0 Å². The van der Waals surface area contributed by atoms with E-state index in [1.165, 1.54) is 16.4 Å². The Morgan fingerprint density at radius 3 is 2.64 bits per heavy atom. The molecule has 0 saturated carbocycles. The normalized spacial score (nSPS) is 11.2. The molecule has 148 valence electrons. The largest absolute Gasteiger partial charge is 0.348 e. The second kappa shape index (κ2) is 8.59. The lowest BCUT2D eigenvalue weighted by Gasteiger charge is -2.08. The average Bonchev–Trinajstić information content (AvgIpc) is 3.14. The molecule has 0 radical (unpaired) electrons. The second-order valence-corrected chi connectivity index (χ2v) is 8.23. The number of nitrogens with zero attached hydrogens (tertiary/aromatic N) is 4. The van der Waals surface area contributed by atoms with Crippen LogP contribution < -0.4 is 5.84 Å². The first-order valence-corrected chi connectivity index (χ1v) is 10.6. The minimum Gasteiger partial charge on any atom is -0.348 e. The minimum absolute atomic E-state index is 0.0366. The lowest BCUT2D eigenvalue weighted by Crippen LogP contribution is -2.13. The SMILES string of the molecule is CCCn1c(C)cc(C(=O)CSc2nnc(-c3ccc(Cl)cc3Cl)n2N)c1C. The van der Waals surface area contributed by atoms with Crippen molar-refractivity contribution in [2.45, 2.75) is 38.9 Å². The van der Waals surface area contributed by atoms with Crippen molar-refractivity contribution >= 4 is 40.7 Å². The van der Waals surface area contributed by atoms with Crippen LogP contribution in [0.1, 0.15) is 35.1 Å². The predicted octanol–water partition coefficient (Wildman–Crippen LogP) is 4.77. The van der Waals surface area contributed by atoms with Crippen LogP contribution in [0.15, 0.2) is 29.4 Å². The van der Waals surface area contributed by atoms with Gasteiger partial charge in [-0.2, -0.15) is 0 Å². The first-order chi connectivity index (χ1) is 13.3. The third-order valence-corrected chi connectivity index (χ3v) is 5.98. The fourth-order valence-corrected chi connectivity index (χ4v) is 4.32. The lowest BCUT2D eigenvalue weighted by molar-refractivity contribution is 0.102. The smallest absolute Gasteiger partial charge is 0.210 e. The van der Waals surface area contributed by atoms with E-state index in [-0.39, 0.29) is 11.5 Å². The number of nitrogen functional groups attached to an aromatic ring is 1. The van der Waals surface area contributed by atoms with Gasteiger partial charge >= 0.3 is 0 Å². The summed E-state index contributed by atoms with van der Waals surface area (Å²) in [7, 11) is 0. The number of rotatable bonds is 7. The quantitative estimate of drug-likeness (QED) is 0.327. The number of aryl methyl sites for hydroxylation is 1. The van der Waals surface area contributed by atoms with E-state index in [0.29, 0.717) is 26.6 Å². The van der Waals surface area contributed by atoms with Gasteiger partial charge in [0.2, 0.25) is 5.16 Å². The molecule has 0 amide bonds. The summed E-state index contributed by atoms with van der Waals surface area (Å²) in [6.45, 7) is 7.02. The molecule has 3 aromatic rings. The fourth-order valence-electron chi connectivity index (χ4n) is 3.09. The molecular formula is C19H21Cl2N5OS. The molecule has 0 saturated heterocycles. The summed E-state index contributed by atoms with van der Waals surface area (Å²) in [6, 6.07) is 7.01. The van der Waals surface area contributed by atoms with E-state index in [1.54, 1.807) is 18.2 Å². The lowest BCUT2D eigenvalue weighted by atomic mass is 10.2. The van der Waals surface area contributed by atoms with Crippen molar-refractivity contribution in [3.8, 4) is 11.4 Å². The van der Waals surface area contributed by atoms with Crippen LogP contribution in [0.4, 0.5) is 0 Å². The summed E-state index contributed by atoms with van der Waals surface area (Å²) in [4.78, 5) is 12.7. The first kappa shape index (κ1) is 20.8. The van der Waals surface area contributed by atoms with Crippen molar-refractivity contribution in [3.05, 3.63) is 51.3 Å². The Hall–Kier alpha value is -1.96. The molecular weight excluding hydrogens is 417 g/mol. The Bertz CT molecular complexity index is 1030. The topological polar surface area (TPSA) is 78.7 Å². The molecule has 0 aliphatic carbocycles. The van der Waals surface area contributed by atoms with E-state index >= 15 is 0 Å². The third-order valence-electron chi connectivity index (χ3n) is 4.49. The van der Waals surface area contributed by atoms with Crippen LogP contribution in [0.3, 0.4) is 0 Å². The number of hydrogen-bond donors (Lipinski definition) is 1. The molecule has 0 aliphatic heterocycles.